The highest BCUT2D eigenvalue weighted by atomic mass is 32.2. The molecule has 4 rings (SSSR count). The zero-order chi connectivity index (χ0) is 21.1. The Hall–Kier alpha value is -3.19. The lowest BCUT2D eigenvalue weighted by Gasteiger charge is -2.32. The number of halogens is 1. The van der Waals surface area contributed by atoms with Crippen molar-refractivity contribution in [3.05, 3.63) is 90.2 Å². The van der Waals surface area contributed by atoms with Crippen LogP contribution in [0.25, 0.3) is 0 Å². The van der Waals surface area contributed by atoms with Crippen LogP contribution in [0.1, 0.15) is 12.0 Å². The van der Waals surface area contributed by atoms with Crippen molar-refractivity contribution >= 4 is 27.3 Å². The Morgan fingerprint density at radius 1 is 0.933 bits per heavy atom. The molecule has 5 nitrogen and oxygen atoms in total. The molecule has 0 N–H and O–H groups in total. The van der Waals surface area contributed by atoms with Gasteiger partial charge in [0.15, 0.2) is 0 Å². The quantitative estimate of drug-likeness (QED) is 0.622. The van der Waals surface area contributed by atoms with E-state index in [2.05, 4.69) is 0 Å². The molecule has 0 atom stereocenters. The van der Waals surface area contributed by atoms with Crippen molar-refractivity contribution in [3.8, 4) is 0 Å². The second-order valence-corrected chi connectivity index (χ2v) is 8.94. The Kier molecular flexibility index (Phi) is 5.55. The maximum Gasteiger partial charge on any atom is 0.264 e. The van der Waals surface area contributed by atoms with Gasteiger partial charge in [-0.2, -0.15) is 0 Å². The highest BCUT2D eigenvalue weighted by Gasteiger charge is 2.30. The molecular formula is C23H21FN2O3S. The second-order valence-electron chi connectivity index (χ2n) is 7.08. The third kappa shape index (κ3) is 3.93. The summed E-state index contributed by atoms with van der Waals surface area (Å²) < 4.78 is 41.1. The largest absolute Gasteiger partial charge is 0.311 e. The average Bonchev–Trinajstić information content (AvgIpc) is 2.77. The van der Waals surface area contributed by atoms with Crippen LogP contribution < -0.4 is 9.21 Å². The van der Waals surface area contributed by atoms with E-state index < -0.39 is 15.8 Å². The average molecular weight is 424 g/mol. The molecule has 0 bridgehead atoms. The van der Waals surface area contributed by atoms with Gasteiger partial charge in [0.05, 0.1) is 10.6 Å². The minimum atomic E-state index is -4.06. The number of carbonyl (C=O) groups excluding carboxylic acids is 1. The first-order valence-corrected chi connectivity index (χ1v) is 11.1. The Morgan fingerprint density at radius 3 is 2.33 bits per heavy atom. The number of aryl methyl sites for hydroxylation is 1. The van der Waals surface area contributed by atoms with Gasteiger partial charge in [0.25, 0.3) is 10.0 Å². The smallest absolute Gasteiger partial charge is 0.264 e. The van der Waals surface area contributed by atoms with Crippen molar-refractivity contribution < 1.29 is 17.6 Å². The van der Waals surface area contributed by atoms with Crippen LogP contribution in [0, 0.1) is 5.82 Å². The van der Waals surface area contributed by atoms with Crippen molar-refractivity contribution in [1.29, 1.82) is 0 Å². The molecule has 0 radical (unpaired) electrons. The highest BCUT2D eigenvalue weighted by molar-refractivity contribution is 7.92. The normalized spacial score (nSPS) is 13.6. The summed E-state index contributed by atoms with van der Waals surface area (Å²) in [5.74, 6) is -0.835. The van der Waals surface area contributed by atoms with Crippen molar-refractivity contribution in [3.63, 3.8) is 0 Å². The fraction of sp³-hybridized carbons (Fsp3) is 0.174. The lowest BCUT2D eigenvalue weighted by atomic mass is 10.0. The summed E-state index contributed by atoms with van der Waals surface area (Å²) in [5.41, 5.74) is 2.27. The Labute approximate surface area is 175 Å². The predicted octanol–water partition coefficient (Wildman–Crippen LogP) is 4.00. The molecule has 0 spiro atoms. The first-order chi connectivity index (χ1) is 14.5. The molecule has 3 aromatic rings. The number of benzene rings is 3. The van der Waals surface area contributed by atoms with Crippen molar-refractivity contribution in [2.45, 2.75) is 17.7 Å². The number of fused-ring (bicyclic) bond motifs is 1. The van der Waals surface area contributed by atoms with Crippen LogP contribution in [0.3, 0.4) is 0 Å². The van der Waals surface area contributed by atoms with E-state index in [0.29, 0.717) is 12.2 Å². The molecule has 3 aromatic carbocycles. The first kappa shape index (κ1) is 20.1. The summed E-state index contributed by atoms with van der Waals surface area (Å²) in [5, 5.41) is 0. The van der Waals surface area contributed by atoms with Gasteiger partial charge < -0.3 is 4.90 Å². The Bertz CT molecular complexity index is 1150. The first-order valence-electron chi connectivity index (χ1n) is 9.68. The van der Waals surface area contributed by atoms with Gasteiger partial charge >= 0.3 is 0 Å². The molecule has 1 aliphatic heterocycles. The zero-order valence-electron chi connectivity index (χ0n) is 16.2. The number of anilines is 2. The minimum Gasteiger partial charge on any atom is -0.311 e. The van der Waals surface area contributed by atoms with Gasteiger partial charge in [-0.05, 0) is 60.9 Å². The van der Waals surface area contributed by atoms with Gasteiger partial charge in [-0.25, -0.2) is 12.8 Å². The van der Waals surface area contributed by atoms with Gasteiger partial charge in [0.2, 0.25) is 5.91 Å². The second kappa shape index (κ2) is 8.28. The molecule has 1 aliphatic rings. The fourth-order valence-electron chi connectivity index (χ4n) is 3.64. The van der Waals surface area contributed by atoms with Crippen LogP contribution in [-0.2, 0) is 21.2 Å². The number of hydrogen-bond acceptors (Lipinski definition) is 3. The summed E-state index contributed by atoms with van der Waals surface area (Å²) in [6.45, 7) is 0.188. The number of carbonyl (C=O) groups is 1. The van der Waals surface area contributed by atoms with E-state index in [0.717, 1.165) is 40.5 Å². The van der Waals surface area contributed by atoms with Crippen LogP contribution in [0.5, 0.6) is 0 Å². The lowest BCUT2D eigenvalue weighted by molar-refractivity contribution is -0.117. The zero-order valence-corrected chi connectivity index (χ0v) is 17.1. The monoisotopic (exact) mass is 424 g/mol. The summed E-state index contributed by atoms with van der Waals surface area (Å²) in [6.07, 6.45) is 1.70. The van der Waals surface area contributed by atoms with E-state index in [4.69, 9.17) is 0 Å². The van der Waals surface area contributed by atoms with Crippen LogP contribution in [-0.4, -0.2) is 27.4 Å². The SMILES string of the molecule is O=C(CN(c1ccccc1)S(=O)(=O)c1ccc(F)cc1)N1CCCc2ccccc21. The maximum atomic E-state index is 13.3. The number of nitrogens with zero attached hydrogens (tertiary/aromatic N) is 2. The number of sulfonamides is 1. The highest BCUT2D eigenvalue weighted by Crippen LogP contribution is 2.29. The van der Waals surface area contributed by atoms with Gasteiger partial charge in [-0.1, -0.05) is 36.4 Å². The van der Waals surface area contributed by atoms with Crippen LogP contribution in [0.4, 0.5) is 15.8 Å². The third-order valence-electron chi connectivity index (χ3n) is 5.14. The van der Waals surface area contributed by atoms with Crippen molar-refractivity contribution in [2.24, 2.45) is 0 Å². The summed E-state index contributed by atoms with van der Waals surface area (Å²) in [4.78, 5) is 14.8. The third-order valence-corrected chi connectivity index (χ3v) is 6.92. The fourth-order valence-corrected chi connectivity index (χ4v) is 5.06. The molecule has 0 fully saturated rings. The predicted molar refractivity (Wildman–Crippen MR) is 114 cm³/mol. The molecule has 0 aliphatic carbocycles. The van der Waals surface area contributed by atoms with Gasteiger partial charge in [-0.15, -0.1) is 0 Å². The van der Waals surface area contributed by atoms with Gasteiger partial charge in [-0.3, -0.25) is 9.10 Å². The van der Waals surface area contributed by atoms with Crippen LogP contribution in [0.15, 0.2) is 83.8 Å². The van der Waals surface area contributed by atoms with Crippen LogP contribution >= 0.6 is 0 Å². The van der Waals surface area contributed by atoms with E-state index in [1.807, 2.05) is 24.3 Å². The lowest BCUT2D eigenvalue weighted by Crippen LogP contribution is -2.45. The van der Waals surface area contributed by atoms with Gasteiger partial charge in [0, 0.05) is 12.2 Å². The molecule has 0 unspecified atom stereocenters. The molecule has 1 amide bonds. The van der Waals surface area contributed by atoms with E-state index in [-0.39, 0.29) is 17.3 Å². The van der Waals surface area contributed by atoms with Crippen molar-refractivity contribution in [1.82, 2.24) is 0 Å². The molecule has 7 heteroatoms. The standard InChI is InChI=1S/C23H21FN2O3S/c24-19-12-14-21(15-13-19)30(28,29)26(20-9-2-1-3-10-20)17-23(27)25-16-6-8-18-7-4-5-11-22(18)25/h1-5,7,9-15H,6,8,16-17H2. The minimum absolute atomic E-state index is 0.0698. The number of rotatable bonds is 5. The van der Waals surface area contributed by atoms with Gasteiger partial charge in [0.1, 0.15) is 12.4 Å². The Balaban J connectivity index is 1.70. The molecular weight excluding hydrogens is 403 g/mol. The van der Waals surface area contributed by atoms with E-state index in [9.17, 15) is 17.6 Å². The molecule has 1 heterocycles. The van der Waals surface area contributed by atoms with E-state index >= 15 is 0 Å². The number of para-hydroxylation sites is 2. The van der Waals surface area contributed by atoms with Crippen molar-refractivity contribution in [2.75, 3.05) is 22.3 Å². The molecule has 30 heavy (non-hydrogen) atoms. The summed E-state index contributed by atoms with van der Waals surface area (Å²) in [6, 6.07) is 20.8. The summed E-state index contributed by atoms with van der Waals surface area (Å²) in [7, 11) is -4.06. The molecule has 0 aromatic heterocycles. The summed E-state index contributed by atoms with van der Waals surface area (Å²) >= 11 is 0. The molecule has 0 saturated heterocycles. The molecule has 0 saturated carbocycles. The maximum absolute atomic E-state index is 13.3. The van der Waals surface area contributed by atoms with E-state index in [1.54, 1.807) is 35.2 Å². The number of hydrogen-bond donors (Lipinski definition) is 0. The van der Waals surface area contributed by atoms with Crippen LogP contribution in [0.2, 0.25) is 0 Å². The topological polar surface area (TPSA) is 57.7 Å². The number of amides is 1. The van der Waals surface area contributed by atoms with E-state index in [1.165, 1.54) is 12.1 Å². The Morgan fingerprint density at radius 2 is 1.60 bits per heavy atom. The molecule has 154 valence electrons.